The molecule has 0 aliphatic heterocycles. The minimum absolute atomic E-state index is 0.245. The van der Waals surface area contributed by atoms with Crippen LogP contribution in [0.5, 0.6) is 0 Å². The summed E-state index contributed by atoms with van der Waals surface area (Å²) in [5.74, 6) is 0.704. The molecule has 0 unspecified atom stereocenters. The van der Waals surface area contributed by atoms with Crippen molar-refractivity contribution in [3.8, 4) is 0 Å². The number of halogens is 1. The molecule has 85 valence electrons. The summed E-state index contributed by atoms with van der Waals surface area (Å²) >= 11 is 0. The molecular formula is C14H16FO. The smallest absolute Gasteiger partial charge is 0.137 e. The SMILES string of the molecule is [CH2]CCCCCc1cc2ccc(F)cc2o1. The molecule has 0 spiro atoms. The Morgan fingerprint density at radius 1 is 1.12 bits per heavy atom. The van der Waals surface area contributed by atoms with Crippen molar-refractivity contribution >= 4 is 11.0 Å². The summed E-state index contributed by atoms with van der Waals surface area (Å²) in [6.45, 7) is 3.81. The molecule has 2 aromatic rings. The fraction of sp³-hybridized carbons (Fsp3) is 0.357. The van der Waals surface area contributed by atoms with Crippen molar-refractivity contribution in [1.82, 2.24) is 0 Å². The number of unbranched alkanes of at least 4 members (excludes halogenated alkanes) is 3. The molecule has 1 nitrogen and oxygen atoms in total. The second-order valence-electron chi connectivity index (χ2n) is 4.06. The van der Waals surface area contributed by atoms with E-state index in [4.69, 9.17) is 4.42 Å². The summed E-state index contributed by atoms with van der Waals surface area (Å²) in [4.78, 5) is 0. The zero-order valence-electron chi connectivity index (χ0n) is 9.34. The van der Waals surface area contributed by atoms with Crippen LogP contribution >= 0.6 is 0 Å². The molecule has 0 aliphatic carbocycles. The highest BCUT2D eigenvalue weighted by Crippen LogP contribution is 2.21. The molecule has 0 atom stereocenters. The summed E-state index contributed by atoms with van der Waals surface area (Å²) < 4.78 is 18.5. The molecule has 1 aromatic heterocycles. The van der Waals surface area contributed by atoms with Gasteiger partial charge < -0.3 is 4.42 Å². The quantitative estimate of drug-likeness (QED) is 0.674. The summed E-state index contributed by atoms with van der Waals surface area (Å²) in [7, 11) is 0. The van der Waals surface area contributed by atoms with Gasteiger partial charge in [-0.1, -0.05) is 26.2 Å². The van der Waals surface area contributed by atoms with Crippen LogP contribution in [0.4, 0.5) is 4.39 Å². The van der Waals surface area contributed by atoms with E-state index in [0.717, 1.165) is 36.8 Å². The highest BCUT2D eigenvalue weighted by molar-refractivity contribution is 5.77. The fourth-order valence-corrected chi connectivity index (χ4v) is 1.84. The molecule has 2 rings (SSSR count). The van der Waals surface area contributed by atoms with Gasteiger partial charge in [-0.15, -0.1) is 0 Å². The summed E-state index contributed by atoms with van der Waals surface area (Å²) in [5, 5.41) is 0.980. The van der Waals surface area contributed by atoms with Crippen molar-refractivity contribution in [3.63, 3.8) is 0 Å². The van der Waals surface area contributed by atoms with Crippen molar-refractivity contribution in [1.29, 1.82) is 0 Å². The number of hydrogen-bond acceptors (Lipinski definition) is 1. The van der Waals surface area contributed by atoms with Gasteiger partial charge in [-0.3, -0.25) is 0 Å². The first kappa shape index (κ1) is 11.2. The van der Waals surface area contributed by atoms with Crippen LogP contribution in [0.15, 0.2) is 28.7 Å². The Morgan fingerprint density at radius 3 is 2.81 bits per heavy atom. The zero-order valence-corrected chi connectivity index (χ0v) is 9.34. The van der Waals surface area contributed by atoms with Gasteiger partial charge in [-0.2, -0.15) is 0 Å². The maximum atomic E-state index is 12.9. The van der Waals surface area contributed by atoms with Gasteiger partial charge in [0.25, 0.3) is 0 Å². The Kier molecular flexibility index (Phi) is 3.60. The van der Waals surface area contributed by atoms with Crippen LogP contribution in [0.2, 0.25) is 0 Å². The maximum Gasteiger partial charge on any atom is 0.137 e. The molecule has 0 saturated heterocycles. The zero-order chi connectivity index (χ0) is 11.4. The van der Waals surface area contributed by atoms with Gasteiger partial charge in [0.05, 0.1) is 0 Å². The van der Waals surface area contributed by atoms with E-state index < -0.39 is 0 Å². The minimum atomic E-state index is -0.245. The molecular weight excluding hydrogens is 203 g/mol. The van der Waals surface area contributed by atoms with Crippen LogP contribution in [-0.4, -0.2) is 0 Å². The third kappa shape index (κ3) is 2.63. The van der Waals surface area contributed by atoms with E-state index in [0.29, 0.717) is 5.58 Å². The predicted molar refractivity (Wildman–Crippen MR) is 63.7 cm³/mol. The Morgan fingerprint density at radius 2 is 2.00 bits per heavy atom. The predicted octanol–water partition coefficient (Wildman–Crippen LogP) is 4.51. The van der Waals surface area contributed by atoms with Crippen LogP contribution in [0.3, 0.4) is 0 Å². The number of hydrogen-bond donors (Lipinski definition) is 0. The number of rotatable bonds is 5. The molecule has 16 heavy (non-hydrogen) atoms. The number of furan rings is 1. The van der Waals surface area contributed by atoms with Crippen molar-refractivity contribution in [2.75, 3.05) is 0 Å². The molecule has 1 heterocycles. The molecule has 0 N–H and O–H groups in total. The summed E-state index contributed by atoms with van der Waals surface area (Å²) in [5.41, 5.74) is 0.646. The van der Waals surface area contributed by atoms with E-state index in [2.05, 4.69) is 6.92 Å². The Labute approximate surface area is 95.3 Å². The van der Waals surface area contributed by atoms with Crippen LogP contribution in [0, 0.1) is 12.7 Å². The molecule has 1 radical (unpaired) electrons. The molecule has 1 aromatic carbocycles. The van der Waals surface area contributed by atoms with E-state index in [1.54, 1.807) is 6.07 Å². The number of fused-ring (bicyclic) bond motifs is 1. The van der Waals surface area contributed by atoms with E-state index in [1.165, 1.54) is 18.6 Å². The number of aryl methyl sites for hydroxylation is 1. The Balaban J connectivity index is 2.02. The normalized spacial score (nSPS) is 11.1. The lowest BCUT2D eigenvalue weighted by Gasteiger charge is -1.95. The molecule has 2 heteroatoms. The first-order valence-corrected chi connectivity index (χ1v) is 5.77. The van der Waals surface area contributed by atoms with Crippen LogP contribution in [0.25, 0.3) is 11.0 Å². The molecule has 0 saturated carbocycles. The van der Waals surface area contributed by atoms with Gasteiger partial charge in [0.15, 0.2) is 0 Å². The average molecular weight is 219 g/mol. The van der Waals surface area contributed by atoms with E-state index in [9.17, 15) is 4.39 Å². The lowest BCUT2D eigenvalue weighted by atomic mass is 10.1. The monoisotopic (exact) mass is 219 g/mol. The van der Waals surface area contributed by atoms with Crippen LogP contribution < -0.4 is 0 Å². The van der Waals surface area contributed by atoms with Crippen molar-refractivity contribution in [3.05, 3.63) is 42.8 Å². The summed E-state index contributed by atoms with van der Waals surface area (Å²) in [6, 6.07) is 6.66. The lowest BCUT2D eigenvalue weighted by molar-refractivity contribution is 0.526. The van der Waals surface area contributed by atoms with Gasteiger partial charge in [0, 0.05) is 17.9 Å². The standard InChI is InChI=1S/C14H16FO/c1-2-3-4-5-6-13-9-11-7-8-12(15)10-14(11)16-13/h7-10H,1-6H2. The second kappa shape index (κ2) is 5.15. The molecule has 0 fully saturated rings. The van der Waals surface area contributed by atoms with Crippen molar-refractivity contribution < 1.29 is 8.81 Å². The van der Waals surface area contributed by atoms with Crippen LogP contribution in [-0.2, 0) is 6.42 Å². The third-order valence-electron chi connectivity index (χ3n) is 2.71. The Hall–Kier alpha value is -1.31. The molecule has 0 aliphatic rings. The Bertz CT molecular complexity index is 459. The van der Waals surface area contributed by atoms with Gasteiger partial charge in [0.2, 0.25) is 0 Å². The minimum Gasteiger partial charge on any atom is -0.461 e. The lowest BCUT2D eigenvalue weighted by Crippen LogP contribution is -1.81. The van der Waals surface area contributed by atoms with Crippen LogP contribution in [0.1, 0.15) is 31.4 Å². The first-order valence-electron chi connectivity index (χ1n) is 5.77. The van der Waals surface area contributed by atoms with Gasteiger partial charge in [-0.25, -0.2) is 4.39 Å². The van der Waals surface area contributed by atoms with Gasteiger partial charge >= 0.3 is 0 Å². The molecule has 0 bridgehead atoms. The first-order chi connectivity index (χ1) is 7.79. The highest BCUT2D eigenvalue weighted by Gasteiger charge is 2.04. The van der Waals surface area contributed by atoms with E-state index >= 15 is 0 Å². The third-order valence-corrected chi connectivity index (χ3v) is 2.71. The summed E-state index contributed by atoms with van der Waals surface area (Å²) in [6.07, 6.45) is 5.36. The largest absolute Gasteiger partial charge is 0.461 e. The fourth-order valence-electron chi connectivity index (χ4n) is 1.84. The second-order valence-corrected chi connectivity index (χ2v) is 4.06. The van der Waals surface area contributed by atoms with Gasteiger partial charge in [-0.05, 0) is 24.6 Å². The topological polar surface area (TPSA) is 13.1 Å². The van der Waals surface area contributed by atoms with E-state index in [-0.39, 0.29) is 5.82 Å². The van der Waals surface area contributed by atoms with E-state index in [1.807, 2.05) is 6.07 Å². The highest BCUT2D eigenvalue weighted by atomic mass is 19.1. The number of benzene rings is 1. The maximum absolute atomic E-state index is 12.9. The molecule has 0 amide bonds. The van der Waals surface area contributed by atoms with Crippen molar-refractivity contribution in [2.24, 2.45) is 0 Å². The van der Waals surface area contributed by atoms with Gasteiger partial charge in [0.1, 0.15) is 17.2 Å². The average Bonchev–Trinajstić information content (AvgIpc) is 2.66. The van der Waals surface area contributed by atoms with Crippen molar-refractivity contribution in [2.45, 2.75) is 32.1 Å².